The third-order valence-corrected chi connectivity index (χ3v) is 9.33. The number of ether oxygens (including phenoxy) is 1. The van der Waals surface area contributed by atoms with Gasteiger partial charge in [0.1, 0.15) is 5.60 Å². The molecular weight excluding hydrogens is 463 g/mol. The molecule has 2 N–H and O–H groups in total. The number of carbonyl (C=O) groups excluding carboxylic acids is 4. The van der Waals surface area contributed by atoms with Gasteiger partial charge in [0.15, 0.2) is 12.4 Å². The Hall–Kier alpha value is -1.32. The van der Waals surface area contributed by atoms with Crippen LogP contribution in [-0.2, 0) is 23.9 Å². The molecule has 0 saturated heterocycles. The zero-order chi connectivity index (χ0) is 25.1. The van der Waals surface area contributed by atoms with E-state index in [2.05, 4.69) is 13.8 Å². The van der Waals surface area contributed by atoms with Crippen molar-refractivity contribution in [1.29, 1.82) is 0 Å². The largest absolute Gasteiger partial charge is 1.00 e. The average molecular weight is 497 g/mol. The molecule has 3 fully saturated rings. The van der Waals surface area contributed by atoms with Crippen molar-refractivity contribution in [2.24, 2.45) is 34.5 Å². The molecule has 0 aromatic rings. The van der Waals surface area contributed by atoms with Crippen LogP contribution in [0.2, 0.25) is 0 Å². The van der Waals surface area contributed by atoms with Crippen molar-refractivity contribution in [3.05, 3.63) is 23.8 Å². The maximum atomic E-state index is 13.1. The Morgan fingerprint density at radius 3 is 2.57 bits per heavy atom. The van der Waals surface area contributed by atoms with Crippen molar-refractivity contribution in [3.63, 3.8) is 0 Å². The van der Waals surface area contributed by atoms with Crippen molar-refractivity contribution < 1.29 is 68.8 Å². The Kier molecular flexibility index (Phi) is 7.96. The van der Waals surface area contributed by atoms with Gasteiger partial charge >= 0.3 is 35.5 Å². The number of aliphatic carboxylic acids is 1. The van der Waals surface area contributed by atoms with Crippen LogP contribution in [0.5, 0.6) is 0 Å². The quantitative estimate of drug-likeness (QED) is 0.314. The van der Waals surface area contributed by atoms with Gasteiger partial charge in [0.05, 0.1) is 12.5 Å². The fraction of sp³-hybridized carbons (Fsp3) is 0.692. The number of fused-ring (bicyclic) bond motifs is 5. The number of carboxylic acid groups (broad SMARTS) is 1. The second-order valence-electron chi connectivity index (χ2n) is 11.1. The van der Waals surface area contributed by atoms with Gasteiger partial charge in [-0.3, -0.25) is 14.4 Å². The van der Waals surface area contributed by atoms with E-state index in [4.69, 9.17) is 4.74 Å². The minimum Gasteiger partial charge on any atom is -0.550 e. The van der Waals surface area contributed by atoms with Crippen LogP contribution < -0.4 is 34.7 Å². The number of hydrogen-bond acceptors (Lipinski definition) is 8. The van der Waals surface area contributed by atoms with Gasteiger partial charge in [-0.1, -0.05) is 32.4 Å². The Balaban J connectivity index is 0.00000342. The van der Waals surface area contributed by atoms with Crippen LogP contribution in [0.15, 0.2) is 23.8 Å². The van der Waals surface area contributed by atoms with Gasteiger partial charge in [0.25, 0.3) is 0 Å². The first kappa shape index (κ1) is 28.3. The van der Waals surface area contributed by atoms with E-state index in [-0.39, 0.29) is 71.9 Å². The van der Waals surface area contributed by atoms with Crippen LogP contribution >= 0.6 is 0 Å². The van der Waals surface area contributed by atoms with Gasteiger partial charge in [-0.25, -0.2) is 0 Å². The molecule has 8 nitrogen and oxygen atoms in total. The summed E-state index contributed by atoms with van der Waals surface area (Å²) < 4.78 is 4.95. The first-order valence-electron chi connectivity index (χ1n) is 12.1. The number of carboxylic acids is 1. The predicted molar refractivity (Wildman–Crippen MR) is 118 cm³/mol. The summed E-state index contributed by atoms with van der Waals surface area (Å²) in [5.41, 5.74) is -2.07. The van der Waals surface area contributed by atoms with Crippen molar-refractivity contribution in [3.8, 4) is 0 Å². The Morgan fingerprint density at radius 2 is 1.91 bits per heavy atom. The van der Waals surface area contributed by atoms with E-state index in [1.165, 1.54) is 0 Å². The molecule has 0 aliphatic heterocycles. The first-order chi connectivity index (χ1) is 15.8. The normalized spacial score (nSPS) is 41.6. The molecule has 4 rings (SSSR count). The molecule has 3 saturated carbocycles. The van der Waals surface area contributed by atoms with Crippen LogP contribution in [0.25, 0.3) is 0 Å². The van der Waals surface area contributed by atoms with Gasteiger partial charge in [-0.15, -0.1) is 0 Å². The van der Waals surface area contributed by atoms with Crippen molar-refractivity contribution in [1.82, 2.24) is 0 Å². The first-order valence-corrected chi connectivity index (χ1v) is 12.1. The maximum Gasteiger partial charge on any atom is 1.00 e. The molecule has 0 spiro atoms. The van der Waals surface area contributed by atoms with E-state index in [0.29, 0.717) is 6.42 Å². The van der Waals surface area contributed by atoms with Gasteiger partial charge in [0, 0.05) is 22.7 Å². The van der Waals surface area contributed by atoms with E-state index in [1.807, 2.05) is 13.0 Å². The standard InChI is InChI=1S/C26H34O8.Na/c1-14-10-16-17-7-9-26(33,20(29)13-34-22(32)5-4-21(30)31)25(17,3)12-19(28)23(16)24(2)8-6-15(27)11-18(14)24;/h6,8,11,14,16-17,19,23,28,33H,4-5,7,9-10,12-13H2,1-3H3,(H,30,31);/q;+1/p-1/t14-,16?,17-,19-,23+,24-,25-,26-;/m0./s1. The van der Waals surface area contributed by atoms with Crippen LogP contribution in [0.1, 0.15) is 59.3 Å². The Morgan fingerprint density at radius 1 is 1.23 bits per heavy atom. The van der Waals surface area contributed by atoms with Crippen LogP contribution in [0.4, 0.5) is 0 Å². The van der Waals surface area contributed by atoms with Gasteiger partial charge in [-0.05, 0) is 62.0 Å². The molecule has 4 aliphatic rings. The molecule has 4 aliphatic carbocycles. The number of aliphatic hydroxyl groups is 2. The molecule has 0 aromatic carbocycles. The predicted octanol–water partition coefficient (Wildman–Crippen LogP) is -2.11. The number of allylic oxidation sites excluding steroid dienone is 4. The number of hydrogen-bond donors (Lipinski definition) is 2. The summed E-state index contributed by atoms with van der Waals surface area (Å²) in [6, 6.07) is 0. The van der Waals surface area contributed by atoms with Crippen LogP contribution in [-0.4, -0.2) is 52.0 Å². The topological polar surface area (TPSA) is 141 Å². The smallest absolute Gasteiger partial charge is 0.550 e. The number of aliphatic hydroxyl groups excluding tert-OH is 1. The Bertz CT molecular complexity index is 988. The van der Waals surface area contributed by atoms with E-state index < -0.39 is 59.7 Å². The van der Waals surface area contributed by atoms with E-state index in [0.717, 1.165) is 12.0 Å². The second-order valence-corrected chi connectivity index (χ2v) is 11.1. The molecule has 0 amide bonds. The summed E-state index contributed by atoms with van der Waals surface area (Å²) in [7, 11) is 0. The SMILES string of the molecule is C[C@H]1CC2[C@H]([C@@H](O)C[C@@]3(C)[C@H]2CC[C@]3(O)C(=O)COC(=O)CCC(=O)[O-])[C@@]2(C)C=CC(=O)C=C12.[Na+]. The number of ketones is 2. The van der Waals surface area contributed by atoms with Crippen molar-refractivity contribution in [2.75, 3.05) is 6.61 Å². The van der Waals surface area contributed by atoms with Crippen LogP contribution in [0.3, 0.4) is 0 Å². The zero-order valence-electron chi connectivity index (χ0n) is 20.9. The molecule has 186 valence electrons. The molecule has 0 bridgehead atoms. The molecule has 1 unspecified atom stereocenters. The number of Topliss-reactive ketones (excluding diaryl/α,β-unsaturated/α-hetero) is 1. The molecule has 9 heteroatoms. The van der Waals surface area contributed by atoms with Crippen molar-refractivity contribution >= 4 is 23.5 Å². The van der Waals surface area contributed by atoms with E-state index >= 15 is 0 Å². The summed E-state index contributed by atoms with van der Waals surface area (Å²) in [4.78, 5) is 47.5. The van der Waals surface area contributed by atoms with E-state index in [9.17, 15) is 34.5 Å². The Labute approximate surface area is 227 Å². The monoisotopic (exact) mass is 496 g/mol. The molecule has 0 aromatic heterocycles. The van der Waals surface area contributed by atoms with Gasteiger partial charge in [-0.2, -0.15) is 0 Å². The summed E-state index contributed by atoms with van der Waals surface area (Å²) in [5, 5.41) is 33.6. The molecule has 0 heterocycles. The third kappa shape index (κ3) is 4.50. The number of rotatable bonds is 6. The maximum absolute atomic E-state index is 13.1. The number of esters is 1. The van der Waals surface area contributed by atoms with Gasteiger partial charge < -0.3 is 24.9 Å². The summed E-state index contributed by atoms with van der Waals surface area (Å²) in [6.07, 6.45) is 5.30. The third-order valence-electron chi connectivity index (χ3n) is 9.33. The zero-order valence-corrected chi connectivity index (χ0v) is 22.9. The fourth-order valence-electron chi connectivity index (χ4n) is 7.75. The minimum absolute atomic E-state index is 0. The second kappa shape index (κ2) is 9.86. The fourth-order valence-corrected chi connectivity index (χ4v) is 7.75. The summed E-state index contributed by atoms with van der Waals surface area (Å²) in [5.74, 6) is -2.85. The number of carbonyl (C=O) groups is 4. The van der Waals surface area contributed by atoms with E-state index in [1.54, 1.807) is 12.2 Å². The van der Waals surface area contributed by atoms with Crippen LogP contribution in [0, 0.1) is 34.5 Å². The molecule has 35 heavy (non-hydrogen) atoms. The summed E-state index contributed by atoms with van der Waals surface area (Å²) >= 11 is 0. The molecule has 8 atom stereocenters. The molecule has 0 radical (unpaired) electrons. The average Bonchev–Trinajstić information content (AvgIpc) is 3.03. The molecular formula is C26H33NaO8. The van der Waals surface area contributed by atoms with Gasteiger partial charge in [0.2, 0.25) is 5.78 Å². The minimum atomic E-state index is -1.75. The summed E-state index contributed by atoms with van der Waals surface area (Å²) in [6.45, 7) is 5.36. The van der Waals surface area contributed by atoms with Crippen molar-refractivity contribution in [2.45, 2.75) is 71.0 Å².